The van der Waals surface area contributed by atoms with Crippen LogP contribution in [0.15, 0.2) is 48.5 Å². The first-order chi connectivity index (χ1) is 12.7. The molecule has 0 aliphatic carbocycles. The Kier molecular flexibility index (Phi) is 7.27. The number of anilines is 2. The van der Waals surface area contributed by atoms with Crippen molar-refractivity contribution in [1.82, 2.24) is 0 Å². The quantitative estimate of drug-likeness (QED) is 0.691. The minimum absolute atomic E-state index is 0.132. The van der Waals surface area contributed by atoms with Gasteiger partial charge in [0.2, 0.25) is 15.9 Å². The minimum atomic E-state index is -3.45. The number of halogens is 1. The summed E-state index contributed by atoms with van der Waals surface area (Å²) in [4.78, 5) is 12.3. The summed E-state index contributed by atoms with van der Waals surface area (Å²) in [6.07, 6.45) is 1.79. The number of para-hydroxylation sites is 1. The normalized spacial score (nSPS) is 11.4. The topological polar surface area (TPSA) is 66.5 Å². The molecule has 27 heavy (non-hydrogen) atoms. The molecule has 0 fully saturated rings. The molecule has 146 valence electrons. The average Bonchev–Trinajstić information content (AvgIpc) is 2.59. The van der Waals surface area contributed by atoms with Crippen LogP contribution in [0, 0.1) is 0 Å². The van der Waals surface area contributed by atoms with Gasteiger partial charge in [-0.05, 0) is 48.2 Å². The van der Waals surface area contributed by atoms with Crippen LogP contribution in [0.2, 0.25) is 5.02 Å². The summed E-state index contributed by atoms with van der Waals surface area (Å²) in [5.41, 5.74) is 2.41. The van der Waals surface area contributed by atoms with Gasteiger partial charge in [-0.2, -0.15) is 0 Å². The fraction of sp³-hybridized carbons (Fsp3) is 0.350. The third kappa shape index (κ3) is 6.26. The molecule has 5 nitrogen and oxygen atoms in total. The van der Waals surface area contributed by atoms with Gasteiger partial charge in [-0.1, -0.05) is 43.6 Å². The zero-order valence-corrected chi connectivity index (χ0v) is 17.3. The maximum Gasteiger partial charge on any atom is 0.232 e. The van der Waals surface area contributed by atoms with Gasteiger partial charge in [0.1, 0.15) is 0 Å². The summed E-state index contributed by atoms with van der Waals surface area (Å²) in [5, 5.41) is 3.46. The fourth-order valence-corrected chi connectivity index (χ4v) is 3.90. The third-order valence-corrected chi connectivity index (χ3v) is 5.58. The van der Waals surface area contributed by atoms with Gasteiger partial charge in [0.15, 0.2) is 0 Å². The minimum Gasteiger partial charge on any atom is -0.326 e. The van der Waals surface area contributed by atoms with Crippen LogP contribution in [0.25, 0.3) is 0 Å². The Labute approximate surface area is 166 Å². The van der Waals surface area contributed by atoms with Gasteiger partial charge in [-0.15, -0.1) is 0 Å². The van der Waals surface area contributed by atoms with Crippen LogP contribution in [0.4, 0.5) is 11.4 Å². The zero-order chi connectivity index (χ0) is 20.0. The second-order valence-corrected chi connectivity index (χ2v) is 9.05. The van der Waals surface area contributed by atoms with Gasteiger partial charge in [0.25, 0.3) is 0 Å². The van der Waals surface area contributed by atoms with E-state index >= 15 is 0 Å². The van der Waals surface area contributed by atoms with Crippen molar-refractivity contribution in [3.63, 3.8) is 0 Å². The molecule has 0 spiro atoms. The van der Waals surface area contributed by atoms with Crippen molar-refractivity contribution in [2.45, 2.75) is 32.6 Å². The van der Waals surface area contributed by atoms with E-state index < -0.39 is 10.0 Å². The predicted octanol–water partition coefficient (Wildman–Crippen LogP) is 4.65. The van der Waals surface area contributed by atoms with E-state index in [1.54, 1.807) is 24.3 Å². The summed E-state index contributed by atoms with van der Waals surface area (Å²) in [6.45, 7) is 4.36. The van der Waals surface area contributed by atoms with E-state index in [2.05, 4.69) is 19.2 Å². The smallest absolute Gasteiger partial charge is 0.232 e. The molecule has 0 radical (unpaired) electrons. The van der Waals surface area contributed by atoms with Crippen LogP contribution < -0.4 is 9.62 Å². The molecule has 7 heteroatoms. The molecule has 2 aromatic carbocycles. The molecule has 0 aromatic heterocycles. The van der Waals surface area contributed by atoms with Crippen molar-refractivity contribution < 1.29 is 13.2 Å². The van der Waals surface area contributed by atoms with E-state index in [0.717, 1.165) is 17.5 Å². The SMILES string of the molecule is CC(C)c1ccccc1NC(=O)CCCN(c1ccc(Cl)cc1)S(C)(=O)=O. The van der Waals surface area contributed by atoms with Crippen LogP contribution in [0.1, 0.15) is 38.2 Å². The summed E-state index contributed by atoms with van der Waals surface area (Å²) in [5.74, 6) is 0.166. The van der Waals surface area contributed by atoms with Crippen molar-refractivity contribution in [2.24, 2.45) is 0 Å². The third-order valence-electron chi connectivity index (χ3n) is 4.14. The van der Waals surface area contributed by atoms with Crippen molar-refractivity contribution in [3.8, 4) is 0 Å². The number of hydrogen-bond acceptors (Lipinski definition) is 3. The summed E-state index contributed by atoms with van der Waals surface area (Å²) in [6, 6.07) is 14.3. The highest BCUT2D eigenvalue weighted by Gasteiger charge is 2.18. The molecule has 0 atom stereocenters. The van der Waals surface area contributed by atoms with Gasteiger partial charge in [0, 0.05) is 23.7 Å². The van der Waals surface area contributed by atoms with E-state index in [-0.39, 0.29) is 18.9 Å². The maximum atomic E-state index is 12.3. The molecule has 0 aliphatic heterocycles. The van der Waals surface area contributed by atoms with E-state index in [0.29, 0.717) is 23.0 Å². The lowest BCUT2D eigenvalue weighted by Crippen LogP contribution is -2.31. The molecule has 0 unspecified atom stereocenters. The van der Waals surface area contributed by atoms with Crippen LogP contribution in [0.5, 0.6) is 0 Å². The molecule has 2 aromatic rings. The lowest BCUT2D eigenvalue weighted by Gasteiger charge is -2.22. The van der Waals surface area contributed by atoms with E-state index in [1.807, 2.05) is 24.3 Å². The summed E-state index contributed by atoms with van der Waals surface area (Å²) < 4.78 is 25.5. The molecule has 0 saturated heterocycles. The standard InChI is InChI=1S/C20H25ClN2O3S/c1-15(2)18-7-4-5-8-19(18)22-20(24)9-6-14-23(27(3,25)26)17-12-10-16(21)11-13-17/h4-5,7-8,10-13,15H,6,9,14H2,1-3H3,(H,22,24). The first kappa shape index (κ1) is 21.3. The number of hydrogen-bond donors (Lipinski definition) is 1. The molecule has 0 heterocycles. The molecular formula is C20H25ClN2O3S. The van der Waals surface area contributed by atoms with Crippen LogP contribution in [-0.4, -0.2) is 27.1 Å². The lowest BCUT2D eigenvalue weighted by atomic mass is 10.0. The second kappa shape index (κ2) is 9.24. The monoisotopic (exact) mass is 408 g/mol. The first-order valence-electron chi connectivity index (χ1n) is 8.80. The Hall–Kier alpha value is -2.05. The van der Waals surface area contributed by atoms with Crippen LogP contribution in [-0.2, 0) is 14.8 Å². The molecule has 0 aliphatic rings. The fourth-order valence-electron chi connectivity index (χ4n) is 2.80. The van der Waals surface area contributed by atoms with Gasteiger partial charge in [0.05, 0.1) is 11.9 Å². The Morgan fingerprint density at radius 1 is 1.11 bits per heavy atom. The number of carbonyl (C=O) groups is 1. The van der Waals surface area contributed by atoms with Gasteiger partial charge in [-0.3, -0.25) is 9.10 Å². The van der Waals surface area contributed by atoms with E-state index in [4.69, 9.17) is 11.6 Å². The van der Waals surface area contributed by atoms with Crippen LogP contribution in [0.3, 0.4) is 0 Å². The number of nitrogens with one attached hydrogen (secondary N) is 1. The highest BCUT2D eigenvalue weighted by molar-refractivity contribution is 7.92. The highest BCUT2D eigenvalue weighted by Crippen LogP contribution is 2.24. The largest absolute Gasteiger partial charge is 0.326 e. The Morgan fingerprint density at radius 2 is 1.74 bits per heavy atom. The zero-order valence-electron chi connectivity index (χ0n) is 15.8. The van der Waals surface area contributed by atoms with Crippen molar-refractivity contribution in [2.75, 3.05) is 22.4 Å². The number of benzene rings is 2. The molecule has 2 rings (SSSR count). The van der Waals surface area contributed by atoms with Gasteiger partial charge < -0.3 is 5.32 Å². The first-order valence-corrected chi connectivity index (χ1v) is 11.0. The van der Waals surface area contributed by atoms with Crippen molar-refractivity contribution >= 4 is 38.9 Å². The van der Waals surface area contributed by atoms with Crippen molar-refractivity contribution in [3.05, 3.63) is 59.1 Å². The van der Waals surface area contributed by atoms with Crippen molar-refractivity contribution in [1.29, 1.82) is 0 Å². The lowest BCUT2D eigenvalue weighted by molar-refractivity contribution is -0.116. The van der Waals surface area contributed by atoms with E-state index in [1.165, 1.54) is 4.31 Å². The summed E-state index contributed by atoms with van der Waals surface area (Å²) >= 11 is 5.87. The van der Waals surface area contributed by atoms with Crippen LogP contribution >= 0.6 is 11.6 Å². The molecule has 0 bridgehead atoms. The molecule has 0 saturated carbocycles. The molecule has 1 amide bonds. The Bertz CT molecular complexity index is 880. The predicted molar refractivity (Wildman–Crippen MR) is 112 cm³/mol. The number of nitrogens with zero attached hydrogens (tertiary/aromatic N) is 1. The maximum absolute atomic E-state index is 12.3. The summed E-state index contributed by atoms with van der Waals surface area (Å²) in [7, 11) is -3.45. The number of amides is 1. The number of rotatable bonds is 8. The van der Waals surface area contributed by atoms with Gasteiger partial charge in [-0.25, -0.2) is 8.42 Å². The van der Waals surface area contributed by atoms with Gasteiger partial charge >= 0.3 is 0 Å². The Balaban J connectivity index is 1.99. The Morgan fingerprint density at radius 3 is 2.33 bits per heavy atom. The average molecular weight is 409 g/mol. The van der Waals surface area contributed by atoms with E-state index in [9.17, 15) is 13.2 Å². The molecule has 1 N–H and O–H groups in total. The molecular weight excluding hydrogens is 384 g/mol. The number of sulfonamides is 1. The number of carbonyl (C=O) groups excluding carboxylic acids is 1. The second-order valence-electron chi connectivity index (χ2n) is 6.71. The highest BCUT2D eigenvalue weighted by atomic mass is 35.5.